The van der Waals surface area contributed by atoms with Crippen molar-refractivity contribution in [3.63, 3.8) is 0 Å². The molecule has 0 aromatic rings. The van der Waals surface area contributed by atoms with Crippen LogP contribution in [0.3, 0.4) is 0 Å². The van der Waals surface area contributed by atoms with Gasteiger partial charge in [0, 0.05) is 13.0 Å². The molecular formula is C11H21N2O2. The first-order valence-corrected chi connectivity index (χ1v) is 5.71. The predicted molar refractivity (Wildman–Crippen MR) is 59.0 cm³/mol. The highest BCUT2D eigenvalue weighted by atomic mass is 16.3. The van der Waals surface area contributed by atoms with Crippen LogP contribution in [0.25, 0.3) is 0 Å². The highest BCUT2D eigenvalue weighted by Crippen LogP contribution is 2.16. The lowest BCUT2D eigenvalue weighted by atomic mass is 10.0. The van der Waals surface area contributed by atoms with E-state index in [0.717, 1.165) is 19.3 Å². The maximum absolute atomic E-state index is 11.7. The molecule has 4 heteroatoms. The SMILES string of the molecule is CC[C](CC)CNC(=O)C1(O)CCCN1. The Balaban J connectivity index is 2.35. The van der Waals surface area contributed by atoms with Crippen LogP contribution in [0, 0.1) is 5.92 Å². The largest absolute Gasteiger partial charge is 0.367 e. The van der Waals surface area contributed by atoms with Gasteiger partial charge in [0.25, 0.3) is 5.91 Å². The van der Waals surface area contributed by atoms with E-state index in [0.29, 0.717) is 19.5 Å². The van der Waals surface area contributed by atoms with Gasteiger partial charge in [0.2, 0.25) is 0 Å². The molecule has 3 N–H and O–H groups in total. The van der Waals surface area contributed by atoms with Gasteiger partial charge in [-0.1, -0.05) is 13.8 Å². The number of hydrogen-bond donors (Lipinski definition) is 3. The van der Waals surface area contributed by atoms with E-state index in [4.69, 9.17) is 0 Å². The number of amides is 1. The van der Waals surface area contributed by atoms with Crippen LogP contribution in [0.1, 0.15) is 39.5 Å². The van der Waals surface area contributed by atoms with Crippen LogP contribution in [0.4, 0.5) is 0 Å². The normalized spacial score (nSPS) is 25.9. The first kappa shape index (κ1) is 12.5. The summed E-state index contributed by atoms with van der Waals surface area (Å²) in [5.41, 5.74) is -1.33. The first-order valence-electron chi connectivity index (χ1n) is 5.71. The summed E-state index contributed by atoms with van der Waals surface area (Å²) in [5, 5.41) is 15.5. The van der Waals surface area contributed by atoms with E-state index in [1.165, 1.54) is 5.92 Å². The van der Waals surface area contributed by atoms with Gasteiger partial charge >= 0.3 is 0 Å². The molecule has 0 spiro atoms. The van der Waals surface area contributed by atoms with Crippen LogP contribution >= 0.6 is 0 Å². The molecule has 15 heavy (non-hydrogen) atoms. The Hall–Kier alpha value is -0.610. The molecule has 1 unspecified atom stereocenters. The number of nitrogens with one attached hydrogen (secondary N) is 2. The van der Waals surface area contributed by atoms with Gasteiger partial charge in [-0.25, -0.2) is 0 Å². The minimum atomic E-state index is -1.33. The molecule has 1 heterocycles. The van der Waals surface area contributed by atoms with Crippen molar-refractivity contribution >= 4 is 5.91 Å². The van der Waals surface area contributed by atoms with Crippen molar-refractivity contribution in [1.29, 1.82) is 0 Å². The molecule has 1 atom stereocenters. The second-order valence-electron chi connectivity index (χ2n) is 4.03. The van der Waals surface area contributed by atoms with E-state index < -0.39 is 5.72 Å². The van der Waals surface area contributed by atoms with Gasteiger partial charge in [-0.2, -0.15) is 0 Å². The van der Waals surface area contributed by atoms with Crippen LogP contribution in [0.15, 0.2) is 0 Å². The molecule has 0 aromatic heterocycles. The summed E-state index contributed by atoms with van der Waals surface area (Å²) in [7, 11) is 0. The molecule has 4 nitrogen and oxygen atoms in total. The maximum Gasteiger partial charge on any atom is 0.267 e. The third kappa shape index (κ3) is 3.18. The molecule has 1 radical (unpaired) electrons. The monoisotopic (exact) mass is 213 g/mol. The molecule has 0 aliphatic carbocycles. The number of rotatable bonds is 5. The molecule has 1 amide bonds. The second kappa shape index (κ2) is 5.47. The second-order valence-corrected chi connectivity index (χ2v) is 4.03. The highest BCUT2D eigenvalue weighted by molar-refractivity contribution is 5.84. The minimum Gasteiger partial charge on any atom is -0.367 e. The minimum absolute atomic E-state index is 0.292. The van der Waals surface area contributed by atoms with Crippen molar-refractivity contribution in [3.8, 4) is 0 Å². The number of carbonyl (C=O) groups excluding carboxylic acids is 1. The Morgan fingerprint density at radius 3 is 2.60 bits per heavy atom. The molecule has 0 aromatic carbocycles. The van der Waals surface area contributed by atoms with Crippen molar-refractivity contribution in [3.05, 3.63) is 5.92 Å². The first-order chi connectivity index (χ1) is 7.12. The zero-order valence-electron chi connectivity index (χ0n) is 9.60. The van der Waals surface area contributed by atoms with Gasteiger partial charge in [0.15, 0.2) is 5.72 Å². The molecule has 87 valence electrons. The Bertz CT molecular complexity index is 209. The fourth-order valence-electron chi connectivity index (χ4n) is 1.77. The standard InChI is InChI=1S/C11H21N2O2/c1-3-9(4-2)8-12-10(14)11(15)6-5-7-13-11/h13,15H,3-8H2,1-2H3,(H,12,14). The Kier molecular flexibility index (Phi) is 4.54. The average Bonchev–Trinajstić information content (AvgIpc) is 2.68. The smallest absolute Gasteiger partial charge is 0.267 e. The van der Waals surface area contributed by atoms with Crippen molar-refractivity contribution < 1.29 is 9.90 Å². The Morgan fingerprint density at radius 1 is 1.47 bits per heavy atom. The summed E-state index contributed by atoms with van der Waals surface area (Å²) in [6.07, 6.45) is 3.31. The van der Waals surface area contributed by atoms with Gasteiger partial charge in [-0.05, 0) is 31.7 Å². The Labute approximate surface area is 91.4 Å². The van der Waals surface area contributed by atoms with Crippen molar-refractivity contribution in [2.75, 3.05) is 13.1 Å². The Morgan fingerprint density at radius 2 is 2.13 bits per heavy atom. The third-order valence-corrected chi connectivity index (χ3v) is 3.01. The number of hydrogen-bond acceptors (Lipinski definition) is 3. The van der Waals surface area contributed by atoms with E-state index in [-0.39, 0.29) is 5.91 Å². The lowest BCUT2D eigenvalue weighted by Crippen LogP contribution is -2.54. The van der Waals surface area contributed by atoms with E-state index in [2.05, 4.69) is 24.5 Å². The summed E-state index contributed by atoms with van der Waals surface area (Å²) in [5.74, 6) is 1.00. The third-order valence-electron chi connectivity index (χ3n) is 3.01. The van der Waals surface area contributed by atoms with E-state index >= 15 is 0 Å². The van der Waals surface area contributed by atoms with Crippen LogP contribution in [-0.2, 0) is 4.79 Å². The summed E-state index contributed by atoms with van der Waals surface area (Å²) in [6.45, 7) is 5.44. The van der Waals surface area contributed by atoms with Crippen molar-refractivity contribution in [2.24, 2.45) is 0 Å². The van der Waals surface area contributed by atoms with Crippen LogP contribution in [0.5, 0.6) is 0 Å². The molecule has 0 saturated carbocycles. The van der Waals surface area contributed by atoms with Crippen molar-refractivity contribution in [1.82, 2.24) is 10.6 Å². The van der Waals surface area contributed by atoms with Gasteiger partial charge in [0.05, 0.1) is 0 Å². The highest BCUT2D eigenvalue weighted by Gasteiger charge is 2.38. The van der Waals surface area contributed by atoms with E-state index in [9.17, 15) is 9.90 Å². The molecule has 1 fully saturated rings. The number of carbonyl (C=O) groups is 1. The van der Waals surface area contributed by atoms with Gasteiger partial charge < -0.3 is 10.4 Å². The van der Waals surface area contributed by atoms with Gasteiger partial charge in [0.1, 0.15) is 0 Å². The summed E-state index contributed by atoms with van der Waals surface area (Å²) in [4.78, 5) is 11.7. The van der Waals surface area contributed by atoms with Gasteiger partial charge in [-0.3, -0.25) is 10.1 Å². The lowest BCUT2D eigenvalue weighted by Gasteiger charge is -2.23. The van der Waals surface area contributed by atoms with Crippen LogP contribution < -0.4 is 10.6 Å². The van der Waals surface area contributed by atoms with Crippen LogP contribution in [0.2, 0.25) is 0 Å². The zero-order valence-corrected chi connectivity index (χ0v) is 9.60. The molecule has 1 saturated heterocycles. The quantitative estimate of drug-likeness (QED) is 0.625. The zero-order chi connectivity index (χ0) is 11.3. The van der Waals surface area contributed by atoms with Gasteiger partial charge in [-0.15, -0.1) is 0 Å². The van der Waals surface area contributed by atoms with Crippen LogP contribution in [-0.4, -0.2) is 29.8 Å². The summed E-state index contributed by atoms with van der Waals surface area (Å²) >= 11 is 0. The summed E-state index contributed by atoms with van der Waals surface area (Å²) in [6, 6.07) is 0. The molecule has 1 rings (SSSR count). The summed E-state index contributed by atoms with van der Waals surface area (Å²) < 4.78 is 0. The van der Waals surface area contributed by atoms with E-state index in [1.807, 2.05) is 0 Å². The predicted octanol–water partition coefficient (Wildman–Crippen LogP) is 0.569. The topological polar surface area (TPSA) is 61.4 Å². The van der Waals surface area contributed by atoms with E-state index in [1.54, 1.807) is 0 Å². The average molecular weight is 213 g/mol. The lowest BCUT2D eigenvalue weighted by molar-refractivity contribution is -0.141. The molecule has 0 bridgehead atoms. The maximum atomic E-state index is 11.7. The molecular weight excluding hydrogens is 192 g/mol. The molecule has 1 aliphatic heterocycles. The molecule has 1 aliphatic rings. The fourth-order valence-corrected chi connectivity index (χ4v) is 1.77. The number of aliphatic hydroxyl groups is 1. The fraction of sp³-hybridized carbons (Fsp3) is 0.818. The van der Waals surface area contributed by atoms with Crippen molar-refractivity contribution in [2.45, 2.75) is 45.3 Å².